The van der Waals surface area contributed by atoms with E-state index in [1.165, 1.54) is 18.4 Å². The minimum Gasteiger partial charge on any atom is -0.348 e. The van der Waals surface area contributed by atoms with E-state index in [-0.39, 0.29) is 11.9 Å². The summed E-state index contributed by atoms with van der Waals surface area (Å²) in [5.74, 6) is 0.526. The van der Waals surface area contributed by atoms with E-state index in [1.807, 2.05) is 24.3 Å². The third-order valence-electron chi connectivity index (χ3n) is 4.15. The average Bonchev–Trinajstić information content (AvgIpc) is 2.48. The van der Waals surface area contributed by atoms with Gasteiger partial charge in [0, 0.05) is 17.6 Å². The van der Waals surface area contributed by atoms with Crippen LogP contribution in [0.4, 0.5) is 0 Å². The molecule has 1 amide bonds. The van der Waals surface area contributed by atoms with Crippen LogP contribution in [0.15, 0.2) is 24.3 Å². The number of hydrogen-bond donors (Lipinski definition) is 2. The van der Waals surface area contributed by atoms with Gasteiger partial charge in [0.25, 0.3) is 5.91 Å². The van der Waals surface area contributed by atoms with E-state index in [2.05, 4.69) is 31.4 Å². The highest BCUT2D eigenvalue weighted by atomic mass is 16.1. The van der Waals surface area contributed by atoms with Crippen LogP contribution in [0.1, 0.15) is 61.9 Å². The second-order valence-electron chi connectivity index (χ2n) is 6.10. The first kappa shape index (κ1) is 15.0. The van der Waals surface area contributed by atoms with Gasteiger partial charge in [0.15, 0.2) is 0 Å². The van der Waals surface area contributed by atoms with Crippen molar-refractivity contribution < 1.29 is 4.79 Å². The molecule has 0 spiro atoms. The van der Waals surface area contributed by atoms with Crippen molar-refractivity contribution in [2.24, 2.45) is 0 Å². The Bertz CT molecular complexity index is 433. The van der Waals surface area contributed by atoms with Gasteiger partial charge in [-0.3, -0.25) is 4.79 Å². The summed E-state index contributed by atoms with van der Waals surface area (Å²) >= 11 is 0. The van der Waals surface area contributed by atoms with Gasteiger partial charge in [0.2, 0.25) is 0 Å². The molecule has 2 atom stereocenters. The molecule has 110 valence electrons. The fourth-order valence-corrected chi connectivity index (χ4v) is 2.72. The number of carbonyl (C=O) groups excluding carboxylic acids is 1. The SMILES string of the molecule is CC(C)c1ccc(C(=O)NC(C)C2CCCCN2)cc1. The minimum absolute atomic E-state index is 0.0279. The van der Waals surface area contributed by atoms with Crippen LogP contribution in [0.3, 0.4) is 0 Å². The zero-order valence-electron chi connectivity index (χ0n) is 12.8. The molecule has 1 saturated heterocycles. The fourth-order valence-electron chi connectivity index (χ4n) is 2.72. The molecule has 3 nitrogen and oxygen atoms in total. The van der Waals surface area contributed by atoms with Gasteiger partial charge in [-0.05, 0) is 49.9 Å². The van der Waals surface area contributed by atoms with Crippen LogP contribution in [-0.2, 0) is 0 Å². The van der Waals surface area contributed by atoms with Crippen LogP contribution in [0.25, 0.3) is 0 Å². The molecule has 20 heavy (non-hydrogen) atoms. The van der Waals surface area contributed by atoms with Gasteiger partial charge in [-0.15, -0.1) is 0 Å². The van der Waals surface area contributed by atoms with Crippen molar-refractivity contribution in [3.8, 4) is 0 Å². The zero-order valence-corrected chi connectivity index (χ0v) is 12.8. The number of hydrogen-bond acceptors (Lipinski definition) is 2. The number of rotatable bonds is 4. The van der Waals surface area contributed by atoms with Crippen LogP contribution in [-0.4, -0.2) is 24.5 Å². The fraction of sp³-hybridized carbons (Fsp3) is 0.588. The van der Waals surface area contributed by atoms with Crippen LogP contribution < -0.4 is 10.6 Å². The second kappa shape index (κ2) is 6.89. The molecule has 2 N–H and O–H groups in total. The van der Waals surface area contributed by atoms with E-state index in [9.17, 15) is 4.79 Å². The maximum atomic E-state index is 12.2. The second-order valence-corrected chi connectivity index (χ2v) is 6.10. The summed E-state index contributed by atoms with van der Waals surface area (Å²) in [5.41, 5.74) is 2.01. The van der Waals surface area contributed by atoms with Crippen molar-refractivity contribution in [3.05, 3.63) is 35.4 Å². The Morgan fingerprint density at radius 1 is 1.20 bits per heavy atom. The first-order valence-corrected chi connectivity index (χ1v) is 7.72. The Hall–Kier alpha value is -1.35. The summed E-state index contributed by atoms with van der Waals surface area (Å²) in [6.07, 6.45) is 3.64. The van der Waals surface area contributed by atoms with E-state index in [1.54, 1.807) is 0 Å². The minimum atomic E-state index is 0.0279. The molecule has 1 aliphatic heterocycles. The predicted octanol–water partition coefficient (Wildman–Crippen LogP) is 3.07. The highest BCUT2D eigenvalue weighted by Gasteiger charge is 2.21. The molecule has 2 unspecified atom stereocenters. The first-order chi connectivity index (χ1) is 9.58. The lowest BCUT2D eigenvalue weighted by Crippen LogP contribution is -2.50. The Morgan fingerprint density at radius 3 is 2.45 bits per heavy atom. The van der Waals surface area contributed by atoms with Crippen LogP contribution in [0.5, 0.6) is 0 Å². The van der Waals surface area contributed by atoms with Gasteiger partial charge in [0.1, 0.15) is 0 Å². The van der Waals surface area contributed by atoms with Crippen molar-refractivity contribution in [1.82, 2.24) is 10.6 Å². The number of carbonyl (C=O) groups is 1. The van der Waals surface area contributed by atoms with Gasteiger partial charge in [0.05, 0.1) is 0 Å². The Balaban J connectivity index is 1.93. The molecule has 0 aromatic heterocycles. The highest BCUT2D eigenvalue weighted by molar-refractivity contribution is 5.94. The van der Waals surface area contributed by atoms with Gasteiger partial charge >= 0.3 is 0 Å². The maximum Gasteiger partial charge on any atom is 0.251 e. The molecular weight excluding hydrogens is 248 g/mol. The number of benzene rings is 1. The third-order valence-corrected chi connectivity index (χ3v) is 4.15. The molecule has 0 saturated carbocycles. The molecule has 3 heteroatoms. The van der Waals surface area contributed by atoms with Gasteiger partial charge in [-0.2, -0.15) is 0 Å². The van der Waals surface area contributed by atoms with Gasteiger partial charge in [-0.1, -0.05) is 32.4 Å². The summed E-state index contributed by atoms with van der Waals surface area (Å²) in [4.78, 5) is 12.2. The van der Waals surface area contributed by atoms with E-state index in [4.69, 9.17) is 0 Å². The van der Waals surface area contributed by atoms with Crippen LogP contribution in [0, 0.1) is 0 Å². The lowest BCUT2D eigenvalue weighted by Gasteiger charge is -2.29. The van der Waals surface area contributed by atoms with Crippen molar-refractivity contribution in [2.75, 3.05) is 6.54 Å². The Labute approximate surface area is 122 Å². The summed E-state index contributed by atoms with van der Waals surface area (Å²) < 4.78 is 0. The monoisotopic (exact) mass is 274 g/mol. The van der Waals surface area contributed by atoms with Crippen molar-refractivity contribution in [2.45, 2.75) is 58.0 Å². The molecule has 2 rings (SSSR count). The summed E-state index contributed by atoms with van der Waals surface area (Å²) in [7, 11) is 0. The zero-order chi connectivity index (χ0) is 14.5. The first-order valence-electron chi connectivity index (χ1n) is 7.72. The molecule has 0 aliphatic carbocycles. The molecular formula is C17H26N2O. The quantitative estimate of drug-likeness (QED) is 0.886. The van der Waals surface area contributed by atoms with Gasteiger partial charge < -0.3 is 10.6 Å². The Morgan fingerprint density at radius 2 is 1.90 bits per heavy atom. The maximum absolute atomic E-state index is 12.2. The molecule has 1 fully saturated rings. The van der Waals surface area contributed by atoms with E-state index >= 15 is 0 Å². The molecule has 1 aliphatic rings. The lowest BCUT2D eigenvalue weighted by molar-refractivity contribution is 0.0928. The van der Waals surface area contributed by atoms with E-state index < -0.39 is 0 Å². The summed E-state index contributed by atoms with van der Waals surface area (Å²) in [6.45, 7) is 7.47. The normalized spacial score (nSPS) is 20.7. The summed E-state index contributed by atoms with van der Waals surface area (Å²) in [6, 6.07) is 8.51. The number of amides is 1. The molecule has 1 aromatic rings. The third kappa shape index (κ3) is 3.83. The molecule has 0 bridgehead atoms. The van der Waals surface area contributed by atoms with Crippen molar-refractivity contribution in [3.63, 3.8) is 0 Å². The summed E-state index contributed by atoms with van der Waals surface area (Å²) in [5, 5.41) is 6.60. The van der Waals surface area contributed by atoms with Crippen LogP contribution >= 0.6 is 0 Å². The number of nitrogens with one attached hydrogen (secondary N) is 2. The standard InChI is InChI=1S/C17H26N2O/c1-12(2)14-7-9-15(10-8-14)17(20)19-13(3)16-6-4-5-11-18-16/h7-10,12-13,16,18H,4-6,11H2,1-3H3,(H,19,20). The predicted molar refractivity (Wildman–Crippen MR) is 83.1 cm³/mol. The van der Waals surface area contributed by atoms with E-state index in [0.717, 1.165) is 18.5 Å². The average molecular weight is 274 g/mol. The van der Waals surface area contributed by atoms with Crippen molar-refractivity contribution in [1.29, 1.82) is 0 Å². The molecule has 1 aromatic carbocycles. The van der Waals surface area contributed by atoms with Gasteiger partial charge in [-0.25, -0.2) is 0 Å². The lowest BCUT2D eigenvalue weighted by atomic mass is 9.98. The molecule has 1 heterocycles. The smallest absolute Gasteiger partial charge is 0.251 e. The number of piperidine rings is 1. The van der Waals surface area contributed by atoms with Crippen LogP contribution in [0.2, 0.25) is 0 Å². The largest absolute Gasteiger partial charge is 0.348 e. The Kier molecular flexibility index (Phi) is 5.18. The molecule has 0 radical (unpaired) electrons. The van der Waals surface area contributed by atoms with Crippen molar-refractivity contribution >= 4 is 5.91 Å². The highest BCUT2D eigenvalue weighted by Crippen LogP contribution is 2.15. The topological polar surface area (TPSA) is 41.1 Å². The van der Waals surface area contributed by atoms with E-state index in [0.29, 0.717) is 12.0 Å².